The van der Waals surface area contributed by atoms with Crippen LogP contribution in [0.5, 0.6) is 0 Å². The number of benzene rings is 1. The lowest BCUT2D eigenvalue weighted by Crippen LogP contribution is -2.02. The monoisotopic (exact) mass is 269 g/mol. The maximum absolute atomic E-state index is 6.06. The molecule has 2 aromatic rings. The van der Waals surface area contributed by atoms with Crippen molar-refractivity contribution in [3.05, 3.63) is 34.1 Å². The van der Waals surface area contributed by atoms with Crippen molar-refractivity contribution in [1.82, 2.24) is 9.55 Å². The van der Waals surface area contributed by atoms with Gasteiger partial charge in [0.05, 0.1) is 0 Å². The van der Waals surface area contributed by atoms with Gasteiger partial charge in [0.1, 0.15) is 17.3 Å². The smallest absolute Gasteiger partial charge is 0.131 e. The number of anilines is 1. The van der Waals surface area contributed by atoms with Crippen LogP contribution in [0.1, 0.15) is 12.7 Å². The van der Waals surface area contributed by atoms with Crippen molar-refractivity contribution in [3.63, 3.8) is 0 Å². The molecule has 0 saturated heterocycles. The fourth-order valence-corrected chi connectivity index (χ4v) is 2.41. The third-order valence-electron chi connectivity index (χ3n) is 2.65. The molecule has 0 unspecified atom stereocenters. The molecule has 2 rings (SSSR count). The highest BCUT2D eigenvalue weighted by Crippen LogP contribution is 2.30. The van der Waals surface area contributed by atoms with Gasteiger partial charge in [-0.1, -0.05) is 23.2 Å². The van der Waals surface area contributed by atoms with Gasteiger partial charge in [-0.05, 0) is 32.0 Å². The first kappa shape index (κ1) is 12.3. The Hall–Kier alpha value is -1.19. The topological polar surface area (TPSA) is 43.8 Å². The van der Waals surface area contributed by atoms with Crippen molar-refractivity contribution in [2.75, 3.05) is 5.73 Å². The maximum atomic E-state index is 6.06. The zero-order chi connectivity index (χ0) is 12.6. The summed E-state index contributed by atoms with van der Waals surface area (Å²) in [4.78, 5) is 4.45. The summed E-state index contributed by atoms with van der Waals surface area (Å²) >= 11 is 11.9. The van der Waals surface area contributed by atoms with Gasteiger partial charge in [0.15, 0.2) is 0 Å². The average Bonchev–Trinajstić information content (AvgIpc) is 2.52. The molecule has 1 heterocycles. The first-order valence-electron chi connectivity index (χ1n) is 5.32. The van der Waals surface area contributed by atoms with Gasteiger partial charge >= 0.3 is 0 Å². The number of imidazole rings is 1. The van der Waals surface area contributed by atoms with Crippen LogP contribution in [0.15, 0.2) is 18.2 Å². The Bertz CT molecular complexity index is 541. The summed E-state index contributed by atoms with van der Waals surface area (Å²) in [6, 6.07) is 5.31. The number of hydrogen-bond acceptors (Lipinski definition) is 2. The van der Waals surface area contributed by atoms with Gasteiger partial charge in [0.25, 0.3) is 0 Å². The largest absolute Gasteiger partial charge is 0.383 e. The van der Waals surface area contributed by atoms with Crippen molar-refractivity contribution in [2.24, 2.45) is 0 Å². The standard InChI is InChI=1S/C12H13Cl2N3/c1-3-17-7(2)16-11(12(17)15)8-4-9(13)6-10(14)5-8/h4-6H,3,15H2,1-2H3. The highest BCUT2D eigenvalue weighted by atomic mass is 35.5. The Balaban J connectivity index is 2.60. The molecule has 0 aliphatic rings. The van der Waals surface area contributed by atoms with E-state index in [4.69, 9.17) is 28.9 Å². The first-order chi connectivity index (χ1) is 8.02. The van der Waals surface area contributed by atoms with E-state index in [0.29, 0.717) is 15.9 Å². The molecule has 0 fully saturated rings. The van der Waals surface area contributed by atoms with Gasteiger partial charge in [-0.3, -0.25) is 0 Å². The highest BCUT2D eigenvalue weighted by molar-refractivity contribution is 6.35. The summed E-state index contributed by atoms with van der Waals surface area (Å²) in [6.45, 7) is 4.74. The molecular weight excluding hydrogens is 257 g/mol. The molecule has 5 heteroatoms. The molecule has 0 radical (unpaired) electrons. The predicted octanol–water partition coefficient (Wildman–Crippen LogP) is 3.77. The van der Waals surface area contributed by atoms with E-state index in [9.17, 15) is 0 Å². The molecule has 1 aromatic heterocycles. The van der Waals surface area contributed by atoms with Crippen LogP contribution in [0.4, 0.5) is 5.82 Å². The second kappa shape index (κ2) is 4.59. The van der Waals surface area contributed by atoms with Crippen LogP contribution >= 0.6 is 23.2 Å². The van der Waals surface area contributed by atoms with E-state index in [1.807, 2.05) is 30.5 Å². The van der Waals surface area contributed by atoms with Crippen molar-refractivity contribution in [1.29, 1.82) is 0 Å². The molecule has 3 nitrogen and oxygen atoms in total. The molecule has 1 aromatic carbocycles. The second-order valence-electron chi connectivity index (χ2n) is 3.80. The highest BCUT2D eigenvalue weighted by Gasteiger charge is 2.13. The van der Waals surface area contributed by atoms with Gasteiger partial charge in [-0.15, -0.1) is 0 Å². The molecule has 2 N–H and O–H groups in total. The molecule has 0 bridgehead atoms. The minimum atomic E-state index is 0.579. The van der Waals surface area contributed by atoms with E-state index in [2.05, 4.69) is 4.98 Å². The van der Waals surface area contributed by atoms with Crippen LogP contribution < -0.4 is 5.73 Å². The number of aryl methyl sites for hydroxylation is 1. The van der Waals surface area contributed by atoms with Crippen LogP contribution in [0.3, 0.4) is 0 Å². The SMILES string of the molecule is CCn1c(C)nc(-c2cc(Cl)cc(Cl)c2)c1N. The van der Waals surface area contributed by atoms with Gasteiger partial charge in [0, 0.05) is 22.2 Å². The number of halogens is 2. The number of hydrogen-bond donors (Lipinski definition) is 1. The number of nitrogens with zero attached hydrogens (tertiary/aromatic N) is 2. The Morgan fingerprint density at radius 2 is 1.82 bits per heavy atom. The summed E-state index contributed by atoms with van der Waals surface area (Å²) in [5, 5.41) is 1.16. The Morgan fingerprint density at radius 3 is 2.29 bits per heavy atom. The predicted molar refractivity (Wildman–Crippen MR) is 72.5 cm³/mol. The van der Waals surface area contributed by atoms with E-state index in [1.54, 1.807) is 6.07 Å². The normalized spacial score (nSPS) is 10.8. The van der Waals surface area contributed by atoms with Crippen LogP contribution in [-0.4, -0.2) is 9.55 Å². The fraction of sp³-hybridized carbons (Fsp3) is 0.250. The third-order valence-corrected chi connectivity index (χ3v) is 3.09. The van der Waals surface area contributed by atoms with Crippen LogP contribution in [-0.2, 0) is 6.54 Å². The van der Waals surface area contributed by atoms with Gasteiger partial charge in [-0.2, -0.15) is 0 Å². The molecule has 0 spiro atoms. The minimum Gasteiger partial charge on any atom is -0.383 e. The minimum absolute atomic E-state index is 0.579. The van der Waals surface area contributed by atoms with E-state index < -0.39 is 0 Å². The fourth-order valence-electron chi connectivity index (χ4n) is 1.88. The second-order valence-corrected chi connectivity index (χ2v) is 4.67. The number of nitrogen functional groups attached to an aromatic ring is 1. The van der Waals surface area contributed by atoms with E-state index in [1.165, 1.54) is 0 Å². The Morgan fingerprint density at radius 1 is 1.24 bits per heavy atom. The van der Waals surface area contributed by atoms with Crippen molar-refractivity contribution < 1.29 is 0 Å². The lowest BCUT2D eigenvalue weighted by atomic mass is 10.1. The maximum Gasteiger partial charge on any atom is 0.131 e. The Kier molecular flexibility index (Phi) is 3.31. The van der Waals surface area contributed by atoms with Crippen LogP contribution in [0.2, 0.25) is 10.0 Å². The zero-order valence-electron chi connectivity index (χ0n) is 9.67. The van der Waals surface area contributed by atoms with E-state index >= 15 is 0 Å². The van der Waals surface area contributed by atoms with Gasteiger partial charge < -0.3 is 10.3 Å². The van der Waals surface area contributed by atoms with Gasteiger partial charge in [0.2, 0.25) is 0 Å². The van der Waals surface area contributed by atoms with Crippen molar-refractivity contribution >= 4 is 29.0 Å². The van der Waals surface area contributed by atoms with E-state index in [0.717, 1.165) is 23.6 Å². The number of rotatable bonds is 2. The van der Waals surface area contributed by atoms with Crippen LogP contribution in [0.25, 0.3) is 11.3 Å². The Labute approximate surface area is 110 Å². The number of nitrogens with two attached hydrogens (primary N) is 1. The average molecular weight is 270 g/mol. The summed E-state index contributed by atoms with van der Waals surface area (Å²) in [5.41, 5.74) is 7.63. The lowest BCUT2D eigenvalue weighted by molar-refractivity contribution is 0.739. The summed E-state index contributed by atoms with van der Waals surface area (Å²) < 4.78 is 1.95. The van der Waals surface area contributed by atoms with Crippen LogP contribution in [0, 0.1) is 6.92 Å². The molecule has 0 amide bonds. The summed E-state index contributed by atoms with van der Waals surface area (Å²) in [7, 11) is 0. The first-order valence-corrected chi connectivity index (χ1v) is 6.07. The third kappa shape index (κ3) is 2.26. The molecule has 0 saturated carbocycles. The summed E-state index contributed by atoms with van der Waals surface area (Å²) in [5.74, 6) is 1.53. The van der Waals surface area contributed by atoms with E-state index in [-0.39, 0.29) is 0 Å². The lowest BCUT2D eigenvalue weighted by Gasteiger charge is -2.04. The molecule has 0 aliphatic heterocycles. The molecular formula is C12H13Cl2N3. The summed E-state index contributed by atoms with van der Waals surface area (Å²) in [6.07, 6.45) is 0. The zero-order valence-corrected chi connectivity index (χ0v) is 11.2. The van der Waals surface area contributed by atoms with Crippen molar-refractivity contribution in [3.8, 4) is 11.3 Å². The molecule has 0 aliphatic carbocycles. The molecule has 90 valence electrons. The molecule has 17 heavy (non-hydrogen) atoms. The molecule has 0 atom stereocenters. The van der Waals surface area contributed by atoms with Crippen molar-refractivity contribution in [2.45, 2.75) is 20.4 Å². The van der Waals surface area contributed by atoms with Gasteiger partial charge in [-0.25, -0.2) is 4.98 Å². The quantitative estimate of drug-likeness (QED) is 0.902. The number of aromatic nitrogens is 2.